The summed E-state index contributed by atoms with van der Waals surface area (Å²) in [4.78, 5) is 26.2. The van der Waals surface area contributed by atoms with E-state index in [1.165, 1.54) is 35.1 Å². The molecule has 2 aromatic heterocycles. The highest BCUT2D eigenvalue weighted by molar-refractivity contribution is 7.07. The average molecular weight is 493 g/mol. The van der Waals surface area contributed by atoms with Crippen LogP contribution in [0, 0.1) is 11.3 Å². The number of nitriles is 1. The number of hydrogen-bond donors (Lipinski definition) is 1. The van der Waals surface area contributed by atoms with E-state index in [0.717, 1.165) is 11.3 Å². The van der Waals surface area contributed by atoms with Crippen LogP contribution in [0.15, 0.2) is 82.2 Å². The minimum atomic E-state index is -2.94. The van der Waals surface area contributed by atoms with Gasteiger partial charge in [-0.05, 0) is 48.0 Å². The fourth-order valence-corrected chi connectivity index (χ4v) is 4.32. The normalized spacial score (nSPS) is 12.3. The Morgan fingerprint density at radius 1 is 1.14 bits per heavy atom. The standard InChI is InChI=1S/C25H17F2N3O4S/c26-25(27)34-18-10-8-16(9-11-18)13-21-23(32)30(17-5-2-1-3-6-17)24(35-21)20(14-28)22(31)29-15-19-7-4-12-33-19/h1-13,25H,15H2,(H,29,31)/b21-13+,24-20+. The molecule has 0 aliphatic carbocycles. The lowest BCUT2D eigenvalue weighted by molar-refractivity contribution is -0.115. The van der Waals surface area contributed by atoms with E-state index in [4.69, 9.17) is 4.42 Å². The van der Waals surface area contributed by atoms with Crippen LogP contribution >= 0.6 is 11.3 Å². The van der Waals surface area contributed by atoms with Crippen LogP contribution in [0.2, 0.25) is 0 Å². The van der Waals surface area contributed by atoms with E-state index in [9.17, 15) is 23.6 Å². The number of carbonyl (C=O) groups is 1. The number of alkyl halides is 2. The van der Waals surface area contributed by atoms with Crippen molar-refractivity contribution in [3.8, 4) is 17.5 Å². The molecule has 0 radical (unpaired) electrons. The van der Waals surface area contributed by atoms with Gasteiger partial charge in [0, 0.05) is 0 Å². The van der Waals surface area contributed by atoms with Crippen LogP contribution in [-0.2, 0) is 11.3 Å². The van der Waals surface area contributed by atoms with Gasteiger partial charge in [-0.1, -0.05) is 30.3 Å². The Bertz CT molecular complexity index is 1540. The van der Waals surface area contributed by atoms with Crippen LogP contribution in [0.1, 0.15) is 11.3 Å². The monoisotopic (exact) mass is 493 g/mol. The minimum Gasteiger partial charge on any atom is -0.467 e. The van der Waals surface area contributed by atoms with Gasteiger partial charge in [0.05, 0.1) is 23.0 Å². The van der Waals surface area contributed by atoms with Crippen molar-refractivity contribution in [2.75, 3.05) is 0 Å². The number of amides is 1. The molecular formula is C25H17F2N3O4S. The van der Waals surface area contributed by atoms with Crippen LogP contribution in [0.25, 0.3) is 17.3 Å². The molecule has 0 aliphatic rings. The maximum absolute atomic E-state index is 13.3. The number of para-hydroxylation sites is 1. The molecule has 2 heterocycles. The first-order valence-corrected chi connectivity index (χ1v) is 11.1. The van der Waals surface area contributed by atoms with Crippen LogP contribution in [0.4, 0.5) is 8.78 Å². The molecule has 0 atom stereocenters. The molecule has 0 saturated heterocycles. The number of nitrogens with one attached hydrogen (secondary N) is 1. The second-order valence-electron chi connectivity index (χ2n) is 7.09. The van der Waals surface area contributed by atoms with Crippen molar-refractivity contribution in [2.45, 2.75) is 13.2 Å². The lowest BCUT2D eigenvalue weighted by Gasteiger charge is -2.04. The fourth-order valence-electron chi connectivity index (χ4n) is 3.22. The van der Waals surface area contributed by atoms with E-state index in [1.807, 2.05) is 6.07 Å². The molecule has 2 aromatic carbocycles. The maximum atomic E-state index is 13.3. The second kappa shape index (κ2) is 10.6. The van der Waals surface area contributed by atoms with Gasteiger partial charge in [0.1, 0.15) is 22.2 Å². The van der Waals surface area contributed by atoms with Crippen molar-refractivity contribution in [1.29, 1.82) is 5.26 Å². The summed E-state index contributed by atoms with van der Waals surface area (Å²) in [6.45, 7) is -2.87. The van der Waals surface area contributed by atoms with Crippen molar-refractivity contribution in [1.82, 2.24) is 9.88 Å². The zero-order chi connectivity index (χ0) is 24.8. The molecule has 4 rings (SSSR count). The molecule has 176 valence electrons. The van der Waals surface area contributed by atoms with E-state index >= 15 is 0 Å². The minimum absolute atomic E-state index is 0.0148. The Morgan fingerprint density at radius 2 is 1.89 bits per heavy atom. The van der Waals surface area contributed by atoms with Gasteiger partial charge in [0.2, 0.25) is 0 Å². The first-order valence-electron chi connectivity index (χ1n) is 10.2. The van der Waals surface area contributed by atoms with Crippen molar-refractivity contribution >= 4 is 28.9 Å². The lowest BCUT2D eigenvalue weighted by atomic mass is 10.2. The summed E-state index contributed by atoms with van der Waals surface area (Å²) < 4.78 is 36.1. The van der Waals surface area contributed by atoms with Crippen molar-refractivity contribution in [3.63, 3.8) is 0 Å². The van der Waals surface area contributed by atoms with Crippen LogP contribution in [0.5, 0.6) is 5.75 Å². The van der Waals surface area contributed by atoms with Gasteiger partial charge in [0.15, 0.2) is 5.57 Å². The average Bonchev–Trinajstić information content (AvgIpc) is 3.48. The van der Waals surface area contributed by atoms with Gasteiger partial charge in [-0.2, -0.15) is 14.0 Å². The van der Waals surface area contributed by atoms with Crippen LogP contribution < -0.4 is 24.8 Å². The highest BCUT2D eigenvalue weighted by Crippen LogP contribution is 2.15. The first-order chi connectivity index (χ1) is 17.0. The van der Waals surface area contributed by atoms with Crippen LogP contribution in [-0.4, -0.2) is 17.1 Å². The summed E-state index contributed by atoms with van der Waals surface area (Å²) in [5, 5.41) is 12.4. The number of ether oxygens (including phenoxy) is 1. The second-order valence-corrected chi connectivity index (χ2v) is 8.12. The third kappa shape index (κ3) is 5.54. The Balaban J connectivity index is 1.82. The lowest BCUT2D eigenvalue weighted by Crippen LogP contribution is -2.33. The first kappa shape index (κ1) is 23.7. The molecule has 1 N–H and O–H groups in total. The molecule has 7 nitrogen and oxygen atoms in total. The number of rotatable bonds is 7. The Hall–Kier alpha value is -4.49. The molecule has 1 amide bonds. The van der Waals surface area contributed by atoms with E-state index < -0.39 is 18.1 Å². The summed E-state index contributed by atoms with van der Waals surface area (Å²) in [7, 11) is 0. The third-order valence-electron chi connectivity index (χ3n) is 4.80. The van der Waals surface area contributed by atoms with Crippen molar-refractivity contribution in [3.05, 3.63) is 104 Å². The van der Waals surface area contributed by atoms with Gasteiger partial charge in [-0.15, -0.1) is 11.3 Å². The number of halogens is 2. The quantitative estimate of drug-likeness (QED) is 0.427. The number of aromatic nitrogens is 1. The topological polar surface area (TPSA) is 97.3 Å². The third-order valence-corrected chi connectivity index (χ3v) is 5.89. The number of benzene rings is 2. The molecule has 0 spiro atoms. The SMILES string of the molecule is N#C/C(C(=O)NCc1ccco1)=c1\s/c(=C/c2ccc(OC(F)F)cc2)c(=O)n1-c1ccccc1. The molecule has 4 aromatic rings. The van der Waals surface area contributed by atoms with Gasteiger partial charge in [-0.25, -0.2) is 0 Å². The van der Waals surface area contributed by atoms with E-state index in [0.29, 0.717) is 17.0 Å². The summed E-state index contributed by atoms with van der Waals surface area (Å²) in [6, 6.07) is 19.7. The molecule has 0 aliphatic heterocycles. The van der Waals surface area contributed by atoms with E-state index in [-0.39, 0.29) is 27.1 Å². The number of furan rings is 1. The number of hydrogen-bond acceptors (Lipinski definition) is 6. The predicted molar refractivity (Wildman–Crippen MR) is 125 cm³/mol. The Labute approximate surface area is 201 Å². The Morgan fingerprint density at radius 3 is 2.51 bits per heavy atom. The molecule has 0 fully saturated rings. The maximum Gasteiger partial charge on any atom is 0.387 e. The summed E-state index contributed by atoms with van der Waals surface area (Å²) >= 11 is 0.975. The molecule has 0 bridgehead atoms. The van der Waals surface area contributed by atoms with Crippen LogP contribution in [0.3, 0.4) is 0 Å². The van der Waals surface area contributed by atoms with Gasteiger partial charge in [0.25, 0.3) is 11.5 Å². The highest BCUT2D eigenvalue weighted by atomic mass is 32.1. The highest BCUT2D eigenvalue weighted by Gasteiger charge is 2.17. The van der Waals surface area contributed by atoms with Gasteiger partial charge >= 0.3 is 6.61 Å². The molecule has 0 saturated carbocycles. The summed E-state index contributed by atoms with van der Waals surface area (Å²) in [5.41, 5.74) is 0.367. The summed E-state index contributed by atoms with van der Waals surface area (Å²) in [6.07, 6.45) is 3.02. The Kier molecular flexibility index (Phi) is 7.18. The number of nitrogens with zero attached hydrogens (tertiary/aromatic N) is 2. The number of thiazole rings is 1. The fraction of sp³-hybridized carbons (Fsp3) is 0.0800. The molecule has 10 heteroatoms. The van der Waals surface area contributed by atoms with Gasteiger partial charge < -0.3 is 14.5 Å². The largest absolute Gasteiger partial charge is 0.467 e. The van der Waals surface area contributed by atoms with E-state index in [1.54, 1.807) is 48.5 Å². The molecule has 0 unspecified atom stereocenters. The smallest absolute Gasteiger partial charge is 0.387 e. The van der Waals surface area contributed by atoms with Gasteiger partial charge in [-0.3, -0.25) is 14.2 Å². The van der Waals surface area contributed by atoms with E-state index in [2.05, 4.69) is 10.1 Å². The zero-order valence-electron chi connectivity index (χ0n) is 18.0. The summed E-state index contributed by atoms with van der Waals surface area (Å²) in [5.74, 6) is -0.163. The van der Waals surface area contributed by atoms with Crippen molar-refractivity contribution < 1.29 is 22.7 Å². The molecular weight excluding hydrogens is 476 g/mol. The van der Waals surface area contributed by atoms with Crippen molar-refractivity contribution in [2.24, 2.45) is 0 Å². The zero-order valence-corrected chi connectivity index (χ0v) is 18.8. The molecule has 35 heavy (non-hydrogen) atoms. The predicted octanol–water partition coefficient (Wildman–Crippen LogP) is 2.91. The number of carbonyl (C=O) groups excluding carboxylic acids is 1.